The van der Waals surface area contributed by atoms with Gasteiger partial charge in [-0.1, -0.05) is 13.8 Å². The van der Waals surface area contributed by atoms with Gasteiger partial charge in [0, 0.05) is 17.3 Å². The van der Waals surface area contributed by atoms with E-state index in [1.54, 1.807) is 56.3 Å². The van der Waals surface area contributed by atoms with Crippen molar-refractivity contribution in [3.63, 3.8) is 0 Å². The van der Waals surface area contributed by atoms with Gasteiger partial charge < -0.3 is 29.6 Å². The van der Waals surface area contributed by atoms with Crippen molar-refractivity contribution in [3.05, 3.63) is 48.0 Å². The van der Waals surface area contributed by atoms with Crippen LogP contribution in [0.1, 0.15) is 31.1 Å². The number of imide groups is 1. The highest BCUT2D eigenvalue weighted by Gasteiger charge is 2.27. The molecule has 0 saturated heterocycles. The van der Waals surface area contributed by atoms with E-state index in [-0.39, 0.29) is 5.92 Å². The predicted molar refractivity (Wildman–Crippen MR) is 129 cm³/mol. The Hall–Kier alpha value is -4.28. The van der Waals surface area contributed by atoms with Crippen LogP contribution < -0.4 is 30.2 Å². The molecule has 0 unspecified atom stereocenters. The van der Waals surface area contributed by atoms with Crippen LogP contribution in [0.15, 0.2) is 42.5 Å². The van der Waals surface area contributed by atoms with Crippen LogP contribution in [-0.2, 0) is 14.3 Å². The fourth-order valence-electron chi connectivity index (χ4n) is 3.26. The summed E-state index contributed by atoms with van der Waals surface area (Å²) in [6, 6.07) is 9.47. The van der Waals surface area contributed by atoms with Gasteiger partial charge in [-0.25, -0.2) is 9.59 Å². The van der Waals surface area contributed by atoms with E-state index in [2.05, 4.69) is 16.0 Å². The first-order chi connectivity index (χ1) is 17.3. The summed E-state index contributed by atoms with van der Waals surface area (Å²) in [5, 5.41) is 7.19. The van der Waals surface area contributed by atoms with Crippen molar-refractivity contribution in [2.45, 2.75) is 26.8 Å². The third kappa shape index (κ3) is 7.36. The molecule has 1 aliphatic heterocycles. The fourth-order valence-corrected chi connectivity index (χ4v) is 3.26. The molecule has 3 N–H and O–H groups in total. The average molecular weight is 500 g/mol. The number of hydrogen-bond acceptors (Lipinski definition) is 8. The van der Waals surface area contributed by atoms with Crippen molar-refractivity contribution in [1.82, 2.24) is 10.6 Å². The van der Waals surface area contributed by atoms with Gasteiger partial charge in [-0.2, -0.15) is 0 Å². The number of carbonyl (C=O) groups excluding carboxylic acids is 4. The summed E-state index contributed by atoms with van der Waals surface area (Å²) in [4.78, 5) is 49.3. The van der Waals surface area contributed by atoms with Gasteiger partial charge in [-0.05, 0) is 49.2 Å². The van der Waals surface area contributed by atoms with E-state index in [1.165, 1.54) is 0 Å². The lowest BCUT2D eigenvalue weighted by molar-refractivity contribution is -0.151. The number of rotatable bonds is 9. The molecule has 2 aromatic carbocycles. The van der Waals surface area contributed by atoms with Crippen molar-refractivity contribution in [2.75, 3.05) is 31.7 Å². The minimum Gasteiger partial charge on any atom is -0.494 e. The number of urea groups is 1. The molecule has 11 heteroatoms. The highest BCUT2D eigenvalue weighted by molar-refractivity contribution is 6.02. The highest BCUT2D eigenvalue weighted by atomic mass is 16.6. The molecule has 11 nitrogen and oxygen atoms in total. The lowest BCUT2D eigenvalue weighted by atomic mass is 10.0. The monoisotopic (exact) mass is 499 g/mol. The Morgan fingerprint density at radius 1 is 0.972 bits per heavy atom. The zero-order valence-corrected chi connectivity index (χ0v) is 20.3. The average Bonchev–Trinajstić information content (AvgIpc) is 2.86. The lowest BCUT2D eigenvalue weighted by Crippen LogP contribution is -2.46. The Morgan fingerprint density at radius 3 is 2.33 bits per heavy atom. The molecule has 0 aromatic heterocycles. The number of amides is 4. The Morgan fingerprint density at radius 2 is 1.67 bits per heavy atom. The predicted octanol–water partition coefficient (Wildman–Crippen LogP) is 2.50. The molecule has 192 valence electrons. The molecule has 1 aliphatic rings. The van der Waals surface area contributed by atoms with Crippen LogP contribution in [0.25, 0.3) is 0 Å². The first-order valence-corrected chi connectivity index (χ1v) is 11.5. The van der Waals surface area contributed by atoms with Gasteiger partial charge >= 0.3 is 12.0 Å². The summed E-state index contributed by atoms with van der Waals surface area (Å²) >= 11 is 0. The van der Waals surface area contributed by atoms with Gasteiger partial charge in [0.1, 0.15) is 25.0 Å². The second-order valence-corrected chi connectivity index (χ2v) is 8.12. The van der Waals surface area contributed by atoms with Crippen LogP contribution in [0.5, 0.6) is 17.2 Å². The van der Waals surface area contributed by atoms with E-state index < -0.39 is 36.5 Å². The molecule has 36 heavy (non-hydrogen) atoms. The molecular formula is C25H29N3O8. The Bertz CT molecular complexity index is 1100. The minimum absolute atomic E-state index is 0.314. The second kappa shape index (κ2) is 12.4. The second-order valence-electron chi connectivity index (χ2n) is 8.12. The van der Waals surface area contributed by atoms with E-state index in [0.29, 0.717) is 48.3 Å². The van der Waals surface area contributed by atoms with Crippen molar-refractivity contribution in [2.24, 2.45) is 5.92 Å². The zero-order valence-electron chi connectivity index (χ0n) is 20.3. The van der Waals surface area contributed by atoms with Gasteiger partial charge in [-0.15, -0.1) is 0 Å². The molecule has 0 saturated carbocycles. The van der Waals surface area contributed by atoms with Crippen LogP contribution in [-0.4, -0.2) is 56.3 Å². The molecule has 2 aromatic rings. The van der Waals surface area contributed by atoms with Crippen molar-refractivity contribution in [3.8, 4) is 17.2 Å². The van der Waals surface area contributed by atoms with E-state index >= 15 is 0 Å². The van der Waals surface area contributed by atoms with Gasteiger partial charge in [0.05, 0.1) is 6.61 Å². The first kappa shape index (κ1) is 26.3. The van der Waals surface area contributed by atoms with Gasteiger partial charge in [0.2, 0.25) is 0 Å². The van der Waals surface area contributed by atoms with Gasteiger partial charge in [0.15, 0.2) is 18.1 Å². The van der Waals surface area contributed by atoms with Gasteiger partial charge in [-0.3, -0.25) is 14.9 Å². The number of hydrogen-bond donors (Lipinski definition) is 3. The molecule has 1 heterocycles. The van der Waals surface area contributed by atoms with Crippen molar-refractivity contribution < 1.29 is 38.1 Å². The molecule has 3 rings (SSSR count). The third-order valence-corrected chi connectivity index (χ3v) is 5.03. The molecule has 0 spiro atoms. The fraction of sp³-hybridized carbons (Fsp3) is 0.360. The number of nitrogens with one attached hydrogen (secondary N) is 3. The Balaban J connectivity index is 1.48. The van der Waals surface area contributed by atoms with Crippen LogP contribution in [0.4, 0.5) is 10.5 Å². The maximum atomic E-state index is 12.6. The van der Waals surface area contributed by atoms with Gasteiger partial charge in [0.25, 0.3) is 11.8 Å². The summed E-state index contributed by atoms with van der Waals surface area (Å²) in [5.41, 5.74) is 0.726. The van der Waals surface area contributed by atoms with Crippen LogP contribution in [0.3, 0.4) is 0 Å². The zero-order chi connectivity index (χ0) is 26.1. The van der Waals surface area contributed by atoms with E-state index in [4.69, 9.17) is 18.9 Å². The normalized spacial score (nSPS) is 12.8. The Labute approximate surface area is 208 Å². The summed E-state index contributed by atoms with van der Waals surface area (Å²) < 4.78 is 21.3. The summed E-state index contributed by atoms with van der Waals surface area (Å²) in [6.07, 6.45) is 0. The number of esters is 1. The first-order valence-electron chi connectivity index (χ1n) is 11.5. The third-order valence-electron chi connectivity index (χ3n) is 5.03. The van der Waals surface area contributed by atoms with Crippen molar-refractivity contribution in [1.29, 1.82) is 0 Å². The molecule has 1 atom stereocenters. The molecule has 4 amide bonds. The number of fused-ring (bicyclic) bond motifs is 1. The number of benzene rings is 2. The molecule has 0 fully saturated rings. The van der Waals surface area contributed by atoms with E-state index in [9.17, 15) is 19.2 Å². The summed E-state index contributed by atoms with van der Waals surface area (Å²) in [7, 11) is 0. The standard InChI is InChI=1S/C25H29N3O8/c1-4-33-18-8-5-16(6-9-18)23(30)28-22(15(2)3)24(31)36-14-21(29)27-25(32)26-17-7-10-19-20(13-17)35-12-11-34-19/h5-10,13,15,22H,4,11-12,14H2,1-3H3,(H,28,30)(H2,26,27,29,32)/t22-/m0/s1. The number of ether oxygens (including phenoxy) is 4. The molecule has 0 aliphatic carbocycles. The SMILES string of the molecule is CCOc1ccc(C(=O)N[C@H](C(=O)OCC(=O)NC(=O)Nc2ccc3c(c2)OCCO3)C(C)C)cc1. The van der Waals surface area contributed by atoms with Crippen LogP contribution in [0.2, 0.25) is 0 Å². The lowest BCUT2D eigenvalue weighted by Gasteiger charge is -2.21. The summed E-state index contributed by atoms with van der Waals surface area (Å²) in [6.45, 7) is 5.94. The van der Waals surface area contributed by atoms with E-state index in [0.717, 1.165) is 0 Å². The topological polar surface area (TPSA) is 141 Å². The Kier molecular flexibility index (Phi) is 9.09. The maximum absolute atomic E-state index is 12.6. The molecular weight excluding hydrogens is 470 g/mol. The maximum Gasteiger partial charge on any atom is 0.329 e. The van der Waals surface area contributed by atoms with E-state index in [1.807, 2.05) is 6.92 Å². The highest BCUT2D eigenvalue weighted by Crippen LogP contribution is 2.32. The quantitative estimate of drug-likeness (QED) is 0.447. The van der Waals surface area contributed by atoms with Crippen LogP contribution >= 0.6 is 0 Å². The number of anilines is 1. The molecule has 0 radical (unpaired) electrons. The largest absolute Gasteiger partial charge is 0.494 e. The smallest absolute Gasteiger partial charge is 0.329 e. The van der Waals surface area contributed by atoms with Crippen molar-refractivity contribution >= 4 is 29.5 Å². The summed E-state index contributed by atoms with van der Waals surface area (Å²) in [5.74, 6) is -0.762. The minimum atomic E-state index is -0.997. The van der Waals surface area contributed by atoms with Crippen LogP contribution in [0, 0.1) is 5.92 Å². The number of carbonyl (C=O) groups is 4. The molecule has 0 bridgehead atoms.